The summed E-state index contributed by atoms with van der Waals surface area (Å²) >= 11 is 0. The number of nitrogens with one attached hydrogen (secondary N) is 3. The molecule has 12 heteroatoms. The zero-order valence-corrected chi connectivity index (χ0v) is 23.0. The van der Waals surface area contributed by atoms with Crippen LogP contribution in [0.2, 0.25) is 0 Å². The quantitative estimate of drug-likeness (QED) is 0.280. The van der Waals surface area contributed by atoms with E-state index in [9.17, 15) is 19.3 Å². The van der Waals surface area contributed by atoms with Gasteiger partial charge >= 0.3 is 13.7 Å². The molecule has 0 bridgehead atoms. The SMILES string of the molecule is CCOP(=O)(OCC)C(O)C(CC1CCCCC1)NC(=O)[C@H](Cc1c[nH]cn1)NC(=O)OC(C)(C)C. The molecule has 2 unspecified atom stereocenters. The first-order chi connectivity index (χ1) is 17.0. The molecule has 3 atom stereocenters. The predicted octanol–water partition coefficient (Wildman–Crippen LogP) is 3.89. The molecule has 1 aromatic rings. The van der Waals surface area contributed by atoms with Crippen molar-refractivity contribution in [2.75, 3.05) is 13.2 Å². The molecule has 1 aliphatic carbocycles. The number of aliphatic hydroxyl groups is 1. The summed E-state index contributed by atoms with van der Waals surface area (Å²) in [6.07, 6.45) is 8.07. The number of rotatable bonds is 13. The van der Waals surface area contributed by atoms with Crippen molar-refractivity contribution >= 4 is 19.6 Å². The molecule has 36 heavy (non-hydrogen) atoms. The Morgan fingerprint density at radius 3 is 2.33 bits per heavy atom. The summed E-state index contributed by atoms with van der Waals surface area (Å²) in [5, 5.41) is 16.6. The Labute approximate surface area is 214 Å². The summed E-state index contributed by atoms with van der Waals surface area (Å²) in [5.74, 6) is -1.86. The fourth-order valence-electron chi connectivity index (χ4n) is 4.36. The first-order valence-electron chi connectivity index (χ1n) is 12.8. The molecule has 1 fully saturated rings. The first-order valence-corrected chi connectivity index (χ1v) is 14.4. The van der Waals surface area contributed by atoms with E-state index < -0.39 is 43.1 Å². The zero-order valence-electron chi connectivity index (χ0n) is 22.1. The molecule has 1 aliphatic rings. The highest BCUT2D eigenvalue weighted by Crippen LogP contribution is 2.53. The summed E-state index contributed by atoms with van der Waals surface area (Å²) in [6, 6.07) is -1.94. The molecule has 2 rings (SSSR count). The van der Waals surface area contributed by atoms with Crippen molar-refractivity contribution in [3.05, 3.63) is 18.2 Å². The molecule has 2 amide bonds. The van der Waals surface area contributed by atoms with Crippen molar-refractivity contribution in [1.82, 2.24) is 20.6 Å². The van der Waals surface area contributed by atoms with Gasteiger partial charge in [-0.1, -0.05) is 32.1 Å². The van der Waals surface area contributed by atoms with E-state index in [-0.39, 0.29) is 25.6 Å². The minimum absolute atomic E-state index is 0.0837. The van der Waals surface area contributed by atoms with E-state index in [2.05, 4.69) is 20.6 Å². The van der Waals surface area contributed by atoms with E-state index in [4.69, 9.17) is 13.8 Å². The van der Waals surface area contributed by atoms with E-state index in [1.54, 1.807) is 40.8 Å². The van der Waals surface area contributed by atoms with Crippen LogP contribution in [0.25, 0.3) is 0 Å². The number of alkyl carbamates (subject to hydrolysis) is 1. The van der Waals surface area contributed by atoms with Crippen LogP contribution in [0.5, 0.6) is 0 Å². The fraction of sp³-hybridized carbons (Fsp3) is 0.792. The highest BCUT2D eigenvalue weighted by Gasteiger charge is 2.42. The van der Waals surface area contributed by atoms with Gasteiger partial charge in [0.2, 0.25) is 5.91 Å². The number of amides is 2. The third kappa shape index (κ3) is 9.84. The maximum Gasteiger partial charge on any atom is 0.408 e. The van der Waals surface area contributed by atoms with Gasteiger partial charge in [-0.15, -0.1) is 0 Å². The van der Waals surface area contributed by atoms with Crippen molar-refractivity contribution in [1.29, 1.82) is 0 Å². The van der Waals surface area contributed by atoms with Gasteiger partial charge in [-0.2, -0.15) is 0 Å². The second-order valence-corrected chi connectivity index (χ2v) is 12.2. The summed E-state index contributed by atoms with van der Waals surface area (Å²) in [5.41, 5.74) is -0.191. The fourth-order valence-corrected chi connectivity index (χ4v) is 6.10. The van der Waals surface area contributed by atoms with Crippen LogP contribution < -0.4 is 10.6 Å². The summed E-state index contributed by atoms with van der Waals surface area (Å²) in [7, 11) is -3.92. The predicted molar refractivity (Wildman–Crippen MR) is 135 cm³/mol. The average Bonchev–Trinajstić information content (AvgIpc) is 3.30. The van der Waals surface area contributed by atoms with Gasteiger partial charge in [0.15, 0.2) is 5.85 Å². The second kappa shape index (κ2) is 14.1. The van der Waals surface area contributed by atoms with Gasteiger partial charge in [-0.3, -0.25) is 9.36 Å². The van der Waals surface area contributed by atoms with Gasteiger partial charge in [0.05, 0.1) is 31.3 Å². The van der Waals surface area contributed by atoms with Gasteiger partial charge in [0, 0.05) is 12.6 Å². The third-order valence-corrected chi connectivity index (χ3v) is 8.16. The monoisotopic (exact) mass is 530 g/mol. The normalized spacial score (nSPS) is 17.7. The lowest BCUT2D eigenvalue weighted by Gasteiger charge is -2.33. The Kier molecular flexibility index (Phi) is 11.9. The van der Waals surface area contributed by atoms with Crippen LogP contribution in [0.15, 0.2) is 12.5 Å². The van der Waals surface area contributed by atoms with Crippen LogP contribution in [0.4, 0.5) is 4.79 Å². The van der Waals surface area contributed by atoms with E-state index in [0.29, 0.717) is 12.1 Å². The van der Waals surface area contributed by atoms with Crippen LogP contribution >= 0.6 is 7.60 Å². The third-order valence-electron chi connectivity index (χ3n) is 5.92. The minimum atomic E-state index is -3.92. The van der Waals surface area contributed by atoms with E-state index in [0.717, 1.165) is 32.1 Å². The van der Waals surface area contributed by atoms with Crippen molar-refractivity contribution in [3.63, 3.8) is 0 Å². The molecule has 0 aromatic carbocycles. The number of ether oxygens (including phenoxy) is 1. The highest BCUT2D eigenvalue weighted by molar-refractivity contribution is 7.54. The lowest BCUT2D eigenvalue weighted by molar-refractivity contribution is -0.124. The Hall–Kier alpha value is -1.94. The van der Waals surface area contributed by atoms with Crippen molar-refractivity contribution < 1.29 is 33.0 Å². The molecule has 1 saturated carbocycles. The summed E-state index contributed by atoms with van der Waals surface area (Å²) in [4.78, 5) is 32.9. The number of nitrogens with zero attached hydrogens (tertiary/aromatic N) is 1. The standard InChI is InChI=1S/C24H43N4O7P/c1-6-33-36(32,34-7-2)22(30)20(13-17-11-9-8-10-12-17)27-21(29)19(14-18-15-25-16-26-18)28-23(31)35-24(3,4)5/h15-17,19-20,22,30H,6-14H2,1-5H3,(H,25,26)(H,27,29)(H,28,31)/t19-,20?,22?/m0/s1. The van der Waals surface area contributed by atoms with E-state index in [1.165, 1.54) is 6.33 Å². The first kappa shape index (κ1) is 30.3. The van der Waals surface area contributed by atoms with Crippen LogP contribution in [0, 0.1) is 5.92 Å². The Bertz CT molecular complexity index is 843. The second-order valence-electron chi connectivity index (χ2n) is 10.1. The Morgan fingerprint density at radius 2 is 1.81 bits per heavy atom. The smallest absolute Gasteiger partial charge is 0.408 e. The minimum Gasteiger partial charge on any atom is -0.444 e. The number of aliphatic hydroxyl groups excluding tert-OH is 1. The molecule has 0 spiro atoms. The number of aromatic amines is 1. The van der Waals surface area contributed by atoms with Gasteiger partial charge in [-0.25, -0.2) is 9.78 Å². The molecule has 1 heterocycles. The van der Waals surface area contributed by atoms with E-state index in [1.807, 2.05) is 0 Å². The molecule has 4 N–H and O–H groups in total. The number of imidazole rings is 1. The maximum absolute atomic E-state index is 13.5. The van der Waals surface area contributed by atoms with Crippen LogP contribution in [-0.4, -0.2) is 63.8 Å². The molecule has 0 aliphatic heterocycles. The number of carbonyl (C=O) groups excluding carboxylic acids is 2. The summed E-state index contributed by atoms with van der Waals surface area (Å²) in [6.45, 7) is 8.68. The van der Waals surface area contributed by atoms with Crippen LogP contribution in [0.3, 0.4) is 0 Å². The lowest BCUT2D eigenvalue weighted by atomic mass is 9.85. The van der Waals surface area contributed by atoms with Gasteiger partial charge in [0.25, 0.3) is 0 Å². The van der Waals surface area contributed by atoms with Crippen molar-refractivity contribution in [3.8, 4) is 0 Å². The maximum atomic E-state index is 13.5. The average molecular weight is 531 g/mol. The molecular formula is C24H43N4O7P. The van der Waals surface area contributed by atoms with Gasteiger partial charge in [-0.05, 0) is 47.0 Å². The molecule has 0 radical (unpaired) electrons. The van der Waals surface area contributed by atoms with Crippen molar-refractivity contribution in [2.45, 2.75) is 103 Å². The molecular weight excluding hydrogens is 487 g/mol. The topological polar surface area (TPSA) is 152 Å². The van der Waals surface area contributed by atoms with Gasteiger partial charge < -0.3 is 34.5 Å². The number of hydrogen-bond acceptors (Lipinski definition) is 8. The van der Waals surface area contributed by atoms with Crippen molar-refractivity contribution in [2.24, 2.45) is 5.92 Å². The summed E-state index contributed by atoms with van der Waals surface area (Å²) < 4.78 is 29.5. The molecule has 206 valence electrons. The molecule has 0 saturated heterocycles. The Balaban J connectivity index is 2.26. The van der Waals surface area contributed by atoms with Gasteiger partial charge in [0.1, 0.15) is 11.6 Å². The van der Waals surface area contributed by atoms with Crippen LogP contribution in [-0.2, 0) is 29.6 Å². The number of carbonyl (C=O) groups is 2. The molecule has 1 aromatic heterocycles. The lowest BCUT2D eigenvalue weighted by Crippen LogP contribution is -2.54. The van der Waals surface area contributed by atoms with Crippen LogP contribution in [0.1, 0.15) is 78.8 Å². The highest BCUT2D eigenvalue weighted by atomic mass is 31.2. The van der Waals surface area contributed by atoms with E-state index >= 15 is 0 Å². The largest absolute Gasteiger partial charge is 0.444 e. The number of aromatic nitrogens is 2. The Morgan fingerprint density at radius 1 is 1.17 bits per heavy atom. The molecule has 11 nitrogen and oxygen atoms in total. The number of H-pyrrole nitrogens is 1. The zero-order chi connectivity index (χ0) is 26.8. The number of hydrogen-bond donors (Lipinski definition) is 4.